The normalized spacial score (nSPS) is 13.2. The molecule has 0 spiro atoms. The zero-order valence-electron chi connectivity index (χ0n) is 15.9. The number of rotatable bonds is 3. The van der Waals surface area contributed by atoms with E-state index in [0.717, 1.165) is 16.5 Å². The Kier molecular flexibility index (Phi) is 4.88. The zero-order valence-corrected chi connectivity index (χ0v) is 15.9. The van der Waals surface area contributed by atoms with E-state index in [9.17, 15) is 9.59 Å². The number of carbonyl (C=O) groups is 2. The van der Waals surface area contributed by atoms with E-state index in [1.54, 1.807) is 37.4 Å². The molecule has 1 N–H and O–H groups in total. The van der Waals surface area contributed by atoms with E-state index in [4.69, 9.17) is 10.00 Å². The maximum atomic E-state index is 13.1. The van der Waals surface area contributed by atoms with Crippen LogP contribution in [0.25, 0.3) is 16.5 Å². The van der Waals surface area contributed by atoms with Gasteiger partial charge in [-0.05, 0) is 49.2 Å². The van der Waals surface area contributed by atoms with E-state index < -0.39 is 5.97 Å². The van der Waals surface area contributed by atoms with Crippen LogP contribution in [0.15, 0.2) is 54.7 Å². The highest BCUT2D eigenvalue weighted by atomic mass is 16.5. The van der Waals surface area contributed by atoms with Crippen LogP contribution in [-0.4, -0.2) is 34.9 Å². The Labute approximate surface area is 168 Å². The second kappa shape index (κ2) is 7.64. The van der Waals surface area contributed by atoms with Crippen LogP contribution in [0.1, 0.15) is 34.1 Å². The fraction of sp³-hybridized carbons (Fsp3) is 0.174. The fourth-order valence-electron chi connectivity index (χ4n) is 3.58. The number of fused-ring (bicyclic) bond motifs is 3. The van der Waals surface area contributed by atoms with Gasteiger partial charge in [-0.25, -0.2) is 4.79 Å². The average Bonchev–Trinajstić information content (AvgIpc) is 3.01. The van der Waals surface area contributed by atoms with Gasteiger partial charge < -0.3 is 14.6 Å². The van der Waals surface area contributed by atoms with Crippen molar-refractivity contribution in [2.75, 3.05) is 13.2 Å². The maximum absolute atomic E-state index is 13.1. The van der Waals surface area contributed by atoms with Gasteiger partial charge in [0.25, 0.3) is 5.91 Å². The predicted octanol–water partition coefficient (Wildman–Crippen LogP) is 3.64. The summed E-state index contributed by atoms with van der Waals surface area (Å²) in [6, 6.07) is 16.4. The van der Waals surface area contributed by atoms with Crippen LogP contribution in [0.4, 0.5) is 0 Å². The summed E-state index contributed by atoms with van der Waals surface area (Å²) in [6.45, 7) is 2.42. The number of nitrogens with zero attached hydrogens (tertiary/aromatic N) is 2. The van der Waals surface area contributed by atoms with Gasteiger partial charge >= 0.3 is 5.97 Å². The smallest absolute Gasteiger partial charge is 0.341 e. The molecule has 0 saturated heterocycles. The summed E-state index contributed by atoms with van der Waals surface area (Å²) in [5.74, 6) is -0.703. The van der Waals surface area contributed by atoms with E-state index >= 15 is 0 Å². The third kappa shape index (κ3) is 3.39. The monoisotopic (exact) mass is 385 g/mol. The first-order valence-electron chi connectivity index (χ1n) is 9.42. The SMILES string of the molecule is CCOC(=O)C1=CN(C(=O)c2ccc(C#N)cc2)CCc2c1[nH]c1ccccc21. The van der Waals surface area contributed by atoms with E-state index in [0.29, 0.717) is 35.4 Å². The summed E-state index contributed by atoms with van der Waals surface area (Å²) in [7, 11) is 0. The molecule has 0 radical (unpaired) electrons. The lowest BCUT2D eigenvalue weighted by Gasteiger charge is -2.18. The highest BCUT2D eigenvalue weighted by molar-refractivity contribution is 6.18. The predicted molar refractivity (Wildman–Crippen MR) is 109 cm³/mol. The van der Waals surface area contributed by atoms with E-state index in [1.807, 2.05) is 30.3 Å². The summed E-state index contributed by atoms with van der Waals surface area (Å²) in [6.07, 6.45) is 2.17. The molecule has 0 bridgehead atoms. The number of esters is 1. The summed E-state index contributed by atoms with van der Waals surface area (Å²) in [4.78, 5) is 30.6. The number of H-pyrrole nitrogens is 1. The number of aromatic amines is 1. The van der Waals surface area contributed by atoms with E-state index in [2.05, 4.69) is 4.98 Å². The quantitative estimate of drug-likeness (QED) is 0.698. The summed E-state index contributed by atoms with van der Waals surface area (Å²) >= 11 is 0. The van der Waals surface area contributed by atoms with Crippen LogP contribution in [0.2, 0.25) is 0 Å². The number of nitriles is 1. The van der Waals surface area contributed by atoms with Gasteiger partial charge in [0, 0.05) is 29.2 Å². The van der Waals surface area contributed by atoms with Crippen molar-refractivity contribution in [3.63, 3.8) is 0 Å². The minimum atomic E-state index is -0.472. The van der Waals surface area contributed by atoms with Crippen molar-refractivity contribution in [1.82, 2.24) is 9.88 Å². The van der Waals surface area contributed by atoms with Gasteiger partial charge in [0.2, 0.25) is 0 Å². The van der Waals surface area contributed by atoms with Crippen molar-refractivity contribution < 1.29 is 14.3 Å². The molecule has 0 atom stereocenters. The lowest BCUT2D eigenvalue weighted by atomic mass is 10.0. The van der Waals surface area contributed by atoms with Gasteiger partial charge in [0.15, 0.2) is 0 Å². The number of nitrogens with one attached hydrogen (secondary N) is 1. The average molecular weight is 385 g/mol. The van der Waals surface area contributed by atoms with Gasteiger partial charge in [0.05, 0.1) is 29.5 Å². The van der Waals surface area contributed by atoms with E-state index in [-0.39, 0.29) is 12.5 Å². The molecule has 2 aromatic carbocycles. The number of aromatic nitrogens is 1. The third-order valence-electron chi connectivity index (χ3n) is 4.99. The molecule has 1 aliphatic heterocycles. The molecule has 6 nitrogen and oxygen atoms in total. The number of ether oxygens (including phenoxy) is 1. The Morgan fingerprint density at radius 2 is 1.93 bits per heavy atom. The number of amides is 1. The molecule has 0 saturated carbocycles. The zero-order chi connectivity index (χ0) is 20.4. The first-order chi connectivity index (χ1) is 14.1. The summed E-state index contributed by atoms with van der Waals surface area (Å²) in [5, 5.41) is 9.99. The lowest BCUT2D eigenvalue weighted by Crippen LogP contribution is -2.28. The minimum absolute atomic E-state index is 0.231. The Hall–Kier alpha value is -3.85. The molecule has 0 fully saturated rings. The van der Waals surface area contributed by atoms with E-state index in [1.165, 1.54) is 4.90 Å². The standard InChI is InChI=1S/C23H19N3O3/c1-2-29-23(28)19-14-26(22(27)16-9-7-15(13-24)8-10-16)12-11-18-17-5-3-4-6-20(17)25-21(18)19/h3-10,14,25H,2,11-12H2,1H3. The van der Waals surface area contributed by atoms with Crippen LogP contribution in [0.3, 0.4) is 0 Å². The van der Waals surface area contributed by atoms with Crippen LogP contribution >= 0.6 is 0 Å². The van der Waals surface area contributed by atoms with Crippen LogP contribution < -0.4 is 0 Å². The molecular weight excluding hydrogens is 366 g/mol. The molecule has 0 unspecified atom stereocenters. The topological polar surface area (TPSA) is 86.2 Å². The number of hydrogen-bond donors (Lipinski definition) is 1. The molecule has 3 aromatic rings. The Bertz CT molecular complexity index is 1170. The Balaban J connectivity index is 1.77. The van der Waals surface area contributed by atoms with Gasteiger partial charge in [0.1, 0.15) is 0 Å². The number of carbonyl (C=O) groups excluding carboxylic acids is 2. The van der Waals surface area contributed by atoms with Crippen molar-refractivity contribution in [3.05, 3.63) is 77.1 Å². The van der Waals surface area contributed by atoms with Crippen LogP contribution in [0, 0.1) is 11.3 Å². The van der Waals surface area contributed by atoms with Crippen molar-refractivity contribution in [2.45, 2.75) is 13.3 Å². The van der Waals surface area contributed by atoms with Crippen LogP contribution in [0.5, 0.6) is 0 Å². The highest BCUT2D eigenvalue weighted by Crippen LogP contribution is 2.31. The van der Waals surface area contributed by atoms with Gasteiger partial charge in [-0.3, -0.25) is 4.79 Å². The Morgan fingerprint density at radius 3 is 2.66 bits per heavy atom. The maximum Gasteiger partial charge on any atom is 0.341 e. The number of benzene rings is 2. The molecule has 6 heteroatoms. The molecule has 2 heterocycles. The number of hydrogen-bond acceptors (Lipinski definition) is 4. The molecule has 4 rings (SSSR count). The van der Waals surface area contributed by atoms with Crippen LogP contribution in [-0.2, 0) is 16.0 Å². The largest absolute Gasteiger partial charge is 0.462 e. The molecule has 1 aliphatic rings. The summed E-state index contributed by atoms with van der Waals surface area (Å²) in [5.41, 5.74) is 3.91. The first-order valence-corrected chi connectivity index (χ1v) is 9.42. The molecule has 29 heavy (non-hydrogen) atoms. The minimum Gasteiger partial charge on any atom is -0.462 e. The van der Waals surface area contributed by atoms with Gasteiger partial charge in [-0.1, -0.05) is 18.2 Å². The second-order valence-electron chi connectivity index (χ2n) is 6.73. The third-order valence-corrected chi connectivity index (χ3v) is 4.99. The molecule has 144 valence electrons. The highest BCUT2D eigenvalue weighted by Gasteiger charge is 2.27. The molecular formula is C23H19N3O3. The van der Waals surface area contributed by atoms with Crippen molar-refractivity contribution in [3.8, 4) is 6.07 Å². The van der Waals surface area contributed by atoms with Gasteiger partial charge in [-0.15, -0.1) is 0 Å². The molecule has 0 aliphatic carbocycles. The van der Waals surface area contributed by atoms with Gasteiger partial charge in [-0.2, -0.15) is 5.26 Å². The molecule has 1 aromatic heterocycles. The first kappa shape index (κ1) is 18.5. The number of para-hydroxylation sites is 1. The van der Waals surface area contributed by atoms with Crippen molar-refractivity contribution >= 4 is 28.4 Å². The summed E-state index contributed by atoms with van der Waals surface area (Å²) < 4.78 is 5.25. The molecule has 1 amide bonds. The lowest BCUT2D eigenvalue weighted by molar-refractivity contribution is -0.136. The second-order valence-corrected chi connectivity index (χ2v) is 6.73. The van der Waals surface area contributed by atoms with Crippen molar-refractivity contribution in [2.24, 2.45) is 0 Å². The van der Waals surface area contributed by atoms with Crippen molar-refractivity contribution in [1.29, 1.82) is 5.26 Å². The Morgan fingerprint density at radius 1 is 1.17 bits per heavy atom. The fourth-order valence-corrected chi connectivity index (χ4v) is 3.58.